The number of aromatic nitrogens is 1. The van der Waals surface area contributed by atoms with E-state index in [1.54, 1.807) is 0 Å². The van der Waals surface area contributed by atoms with Gasteiger partial charge in [0.2, 0.25) is 0 Å². The lowest BCUT2D eigenvalue weighted by Gasteiger charge is -2.09. The summed E-state index contributed by atoms with van der Waals surface area (Å²) in [6.45, 7) is 2.20. The number of rotatable bonds is 2. The maximum absolute atomic E-state index is 9.88. The molecule has 1 aromatic carbocycles. The first-order valence-electron chi connectivity index (χ1n) is 6.12. The monoisotopic (exact) mass is 286 g/mol. The number of hydrazine groups is 1. The quantitative estimate of drug-likeness (QED) is 0.740. The van der Waals surface area contributed by atoms with E-state index in [9.17, 15) is 5.11 Å². The van der Waals surface area contributed by atoms with Crippen LogP contribution in [-0.4, -0.2) is 27.5 Å². The van der Waals surface area contributed by atoms with Gasteiger partial charge in [-0.2, -0.15) is 0 Å². The molecular formula is C14H14N4OS. The van der Waals surface area contributed by atoms with Crippen LogP contribution in [0.15, 0.2) is 35.4 Å². The number of thiazole rings is 1. The van der Waals surface area contributed by atoms with Crippen molar-refractivity contribution in [2.75, 3.05) is 6.54 Å². The third kappa shape index (κ3) is 2.09. The van der Waals surface area contributed by atoms with E-state index in [4.69, 9.17) is 11.3 Å². The average Bonchev–Trinajstić information content (AvgIpc) is 2.97. The van der Waals surface area contributed by atoms with Gasteiger partial charge in [-0.3, -0.25) is 10.4 Å². The number of hydrogen-bond acceptors (Lipinski definition) is 5. The van der Waals surface area contributed by atoms with Crippen LogP contribution in [0.4, 0.5) is 0 Å². The molecular weight excluding hydrogens is 272 g/mol. The Labute approximate surface area is 120 Å². The van der Waals surface area contributed by atoms with E-state index in [0.29, 0.717) is 10.6 Å². The van der Waals surface area contributed by atoms with Crippen LogP contribution in [0.2, 0.25) is 0 Å². The predicted molar refractivity (Wildman–Crippen MR) is 80.5 cm³/mol. The van der Waals surface area contributed by atoms with Crippen molar-refractivity contribution < 1.29 is 5.11 Å². The van der Waals surface area contributed by atoms with E-state index in [0.717, 1.165) is 11.3 Å². The smallest absolute Gasteiger partial charge is 0.149 e. The van der Waals surface area contributed by atoms with E-state index in [-0.39, 0.29) is 18.1 Å². The Morgan fingerprint density at radius 1 is 1.35 bits per heavy atom. The molecule has 0 radical (unpaired) electrons. The molecule has 0 atom stereocenters. The second-order valence-corrected chi connectivity index (χ2v) is 5.56. The van der Waals surface area contributed by atoms with Crippen LogP contribution >= 0.6 is 11.3 Å². The summed E-state index contributed by atoms with van der Waals surface area (Å²) in [6, 6.07) is 8.09. The minimum Gasteiger partial charge on any atom is -0.509 e. The second kappa shape index (κ2) is 4.73. The van der Waals surface area contributed by atoms with Crippen LogP contribution in [0.1, 0.15) is 10.6 Å². The van der Waals surface area contributed by atoms with Gasteiger partial charge in [-0.05, 0) is 6.92 Å². The highest BCUT2D eigenvalue weighted by atomic mass is 32.1. The first-order chi connectivity index (χ1) is 9.56. The number of benzene rings is 1. The molecule has 2 heterocycles. The first kappa shape index (κ1) is 12.8. The average molecular weight is 286 g/mol. The predicted octanol–water partition coefficient (Wildman–Crippen LogP) is 2.55. The number of amidine groups is 1. The highest BCUT2D eigenvalue weighted by molar-refractivity contribution is 7.11. The van der Waals surface area contributed by atoms with Gasteiger partial charge >= 0.3 is 0 Å². The molecule has 20 heavy (non-hydrogen) atoms. The van der Waals surface area contributed by atoms with Crippen molar-refractivity contribution in [3.8, 4) is 11.3 Å². The zero-order valence-corrected chi connectivity index (χ0v) is 11.7. The fourth-order valence-corrected chi connectivity index (χ4v) is 2.97. The molecule has 3 rings (SSSR count). The Kier molecular flexibility index (Phi) is 3.04. The van der Waals surface area contributed by atoms with Gasteiger partial charge in [-0.25, -0.2) is 10.8 Å². The Balaban J connectivity index is 1.97. The third-order valence-electron chi connectivity index (χ3n) is 3.20. The summed E-state index contributed by atoms with van der Waals surface area (Å²) in [6.07, 6.45) is 0. The van der Waals surface area contributed by atoms with Gasteiger partial charge in [0.25, 0.3) is 0 Å². The van der Waals surface area contributed by atoms with Gasteiger partial charge in [0, 0.05) is 10.9 Å². The van der Waals surface area contributed by atoms with Crippen LogP contribution in [-0.2, 0) is 0 Å². The van der Waals surface area contributed by atoms with Crippen LogP contribution in [0.3, 0.4) is 0 Å². The van der Waals surface area contributed by atoms with Crippen molar-refractivity contribution in [3.05, 3.63) is 46.0 Å². The molecule has 5 nitrogen and oxygen atoms in total. The highest BCUT2D eigenvalue weighted by Crippen LogP contribution is 2.31. The minimum atomic E-state index is 0.0994. The topological polar surface area (TPSA) is 86.2 Å². The zero-order chi connectivity index (χ0) is 14.3. The first-order valence-corrected chi connectivity index (χ1v) is 7.00. The van der Waals surface area contributed by atoms with Gasteiger partial charge < -0.3 is 5.11 Å². The Hall–Kier alpha value is -2.18. The summed E-state index contributed by atoms with van der Waals surface area (Å²) in [4.78, 5) is 4.51. The molecule has 0 saturated heterocycles. The standard InChI is InChI=1S/C14H14N4OS/c1-8-2-4-9(5-3-8)10-7-20-14(17-10)12-11(19)6-18(16)13(12)15/h2-5,7,15,19H,6,16H2,1H3. The van der Waals surface area contributed by atoms with Crippen molar-refractivity contribution in [1.29, 1.82) is 5.41 Å². The number of hydrogen-bond donors (Lipinski definition) is 3. The third-order valence-corrected chi connectivity index (χ3v) is 4.06. The number of nitrogens with two attached hydrogens (primary N) is 1. The van der Waals surface area contributed by atoms with Crippen LogP contribution in [0.5, 0.6) is 0 Å². The molecule has 0 bridgehead atoms. The largest absolute Gasteiger partial charge is 0.509 e. The molecule has 4 N–H and O–H groups in total. The number of aryl methyl sites for hydroxylation is 1. The van der Waals surface area contributed by atoms with E-state index >= 15 is 0 Å². The van der Waals surface area contributed by atoms with E-state index in [1.165, 1.54) is 21.9 Å². The zero-order valence-electron chi connectivity index (χ0n) is 10.9. The van der Waals surface area contributed by atoms with Crippen molar-refractivity contribution in [2.24, 2.45) is 5.84 Å². The fraction of sp³-hybridized carbons (Fsp3) is 0.143. The molecule has 0 unspecified atom stereocenters. The molecule has 102 valence electrons. The fourth-order valence-electron chi connectivity index (χ4n) is 2.07. The Bertz CT molecular complexity index is 702. The lowest BCUT2D eigenvalue weighted by Crippen LogP contribution is -2.33. The van der Waals surface area contributed by atoms with Gasteiger partial charge in [0.1, 0.15) is 16.6 Å². The lowest BCUT2D eigenvalue weighted by molar-refractivity contribution is 0.355. The van der Waals surface area contributed by atoms with Crippen molar-refractivity contribution in [1.82, 2.24) is 9.99 Å². The molecule has 0 amide bonds. The van der Waals surface area contributed by atoms with E-state index in [2.05, 4.69) is 4.98 Å². The lowest BCUT2D eigenvalue weighted by atomic mass is 10.1. The summed E-state index contributed by atoms with van der Waals surface area (Å²) in [5, 5.41) is 21.5. The maximum Gasteiger partial charge on any atom is 0.149 e. The van der Waals surface area contributed by atoms with Crippen molar-refractivity contribution in [3.63, 3.8) is 0 Å². The molecule has 1 aliphatic rings. The number of aliphatic hydroxyl groups is 1. The van der Waals surface area contributed by atoms with Gasteiger partial charge in [-0.1, -0.05) is 29.8 Å². The van der Waals surface area contributed by atoms with Gasteiger partial charge in [-0.15, -0.1) is 11.3 Å². The van der Waals surface area contributed by atoms with Crippen molar-refractivity contribution >= 4 is 22.7 Å². The number of nitrogens with one attached hydrogen (secondary N) is 1. The van der Waals surface area contributed by atoms with Crippen molar-refractivity contribution in [2.45, 2.75) is 6.92 Å². The van der Waals surface area contributed by atoms with Gasteiger partial charge in [0.15, 0.2) is 0 Å². The number of aliphatic hydroxyl groups excluding tert-OH is 1. The summed E-state index contributed by atoms with van der Waals surface area (Å²) in [5.41, 5.74) is 3.48. The summed E-state index contributed by atoms with van der Waals surface area (Å²) in [5.74, 6) is 5.82. The molecule has 6 heteroatoms. The van der Waals surface area contributed by atoms with Crippen LogP contribution in [0, 0.1) is 12.3 Å². The molecule has 0 saturated carbocycles. The van der Waals surface area contributed by atoms with E-state index in [1.807, 2.05) is 36.6 Å². The number of nitrogens with zero attached hydrogens (tertiary/aromatic N) is 2. The summed E-state index contributed by atoms with van der Waals surface area (Å²) >= 11 is 1.40. The second-order valence-electron chi connectivity index (χ2n) is 4.70. The highest BCUT2D eigenvalue weighted by Gasteiger charge is 2.28. The molecule has 2 aromatic rings. The van der Waals surface area contributed by atoms with Gasteiger partial charge in [0.05, 0.1) is 17.8 Å². The molecule has 0 spiro atoms. The molecule has 1 aromatic heterocycles. The summed E-state index contributed by atoms with van der Waals surface area (Å²) in [7, 11) is 0. The van der Waals surface area contributed by atoms with Crippen LogP contribution < -0.4 is 5.84 Å². The normalized spacial score (nSPS) is 15.3. The maximum atomic E-state index is 9.88. The summed E-state index contributed by atoms with van der Waals surface area (Å²) < 4.78 is 0. The molecule has 0 aliphatic carbocycles. The van der Waals surface area contributed by atoms with E-state index < -0.39 is 0 Å². The minimum absolute atomic E-state index is 0.0994. The SMILES string of the molecule is Cc1ccc(-c2csc(C3=C(O)CN(N)C3=N)n2)cc1. The molecule has 1 aliphatic heterocycles. The Morgan fingerprint density at radius 2 is 2.05 bits per heavy atom. The Morgan fingerprint density at radius 3 is 2.65 bits per heavy atom. The molecule has 0 fully saturated rings. The van der Waals surface area contributed by atoms with Crippen LogP contribution in [0.25, 0.3) is 16.8 Å².